The SMILES string of the molecule is COc1cc(CNC(=O)N(Cc2ccc(F)cc2)C2CCN(C(=O)O)CC2)ccc1OCc1ccccc1. The molecule has 38 heavy (non-hydrogen) atoms. The molecule has 9 heteroatoms. The van der Waals surface area contributed by atoms with Gasteiger partial charge in [0.2, 0.25) is 0 Å². The van der Waals surface area contributed by atoms with E-state index in [4.69, 9.17) is 9.47 Å². The van der Waals surface area contributed by atoms with Crippen LogP contribution in [0.15, 0.2) is 72.8 Å². The number of nitrogens with zero attached hydrogens (tertiary/aromatic N) is 2. The lowest BCUT2D eigenvalue weighted by Crippen LogP contribution is -2.51. The molecule has 1 aliphatic heterocycles. The predicted octanol–water partition coefficient (Wildman–Crippen LogP) is 5.27. The first-order valence-corrected chi connectivity index (χ1v) is 12.5. The summed E-state index contributed by atoms with van der Waals surface area (Å²) in [6.45, 7) is 1.68. The number of methoxy groups -OCH3 is 1. The van der Waals surface area contributed by atoms with Crippen molar-refractivity contribution in [3.05, 3.63) is 95.3 Å². The van der Waals surface area contributed by atoms with Gasteiger partial charge in [0.15, 0.2) is 11.5 Å². The average molecular weight is 522 g/mol. The number of likely N-dealkylation sites (tertiary alicyclic amines) is 1. The Morgan fingerprint density at radius 2 is 1.66 bits per heavy atom. The van der Waals surface area contributed by atoms with Crippen molar-refractivity contribution in [2.45, 2.75) is 38.6 Å². The zero-order valence-electron chi connectivity index (χ0n) is 21.3. The van der Waals surface area contributed by atoms with E-state index < -0.39 is 6.09 Å². The largest absolute Gasteiger partial charge is 0.493 e. The molecule has 2 N–H and O–H groups in total. The molecule has 1 aliphatic rings. The maximum Gasteiger partial charge on any atom is 0.407 e. The van der Waals surface area contributed by atoms with E-state index in [1.807, 2.05) is 48.5 Å². The Hall–Kier alpha value is -4.27. The van der Waals surface area contributed by atoms with Gasteiger partial charge in [0, 0.05) is 32.2 Å². The summed E-state index contributed by atoms with van der Waals surface area (Å²) in [7, 11) is 1.57. The van der Waals surface area contributed by atoms with Crippen molar-refractivity contribution in [2.75, 3.05) is 20.2 Å². The molecule has 4 rings (SSSR count). The molecule has 0 unspecified atom stereocenters. The van der Waals surface area contributed by atoms with Crippen molar-refractivity contribution < 1.29 is 28.6 Å². The zero-order valence-corrected chi connectivity index (χ0v) is 21.3. The Bertz CT molecular complexity index is 1210. The van der Waals surface area contributed by atoms with Crippen molar-refractivity contribution in [1.29, 1.82) is 0 Å². The third-order valence-corrected chi connectivity index (χ3v) is 6.61. The van der Waals surface area contributed by atoms with E-state index in [1.165, 1.54) is 17.0 Å². The van der Waals surface area contributed by atoms with E-state index in [0.29, 0.717) is 50.6 Å². The minimum atomic E-state index is -0.955. The van der Waals surface area contributed by atoms with Gasteiger partial charge < -0.3 is 29.7 Å². The Morgan fingerprint density at radius 1 is 0.974 bits per heavy atom. The number of hydrogen-bond donors (Lipinski definition) is 2. The molecule has 1 fully saturated rings. The molecule has 0 bridgehead atoms. The summed E-state index contributed by atoms with van der Waals surface area (Å²) in [6.07, 6.45) is 0.104. The number of amides is 3. The third kappa shape index (κ3) is 7.15. The van der Waals surface area contributed by atoms with Crippen LogP contribution in [-0.4, -0.2) is 53.3 Å². The van der Waals surface area contributed by atoms with E-state index in [-0.39, 0.29) is 24.4 Å². The molecule has 0 saturated carbocycles. The summed E-state index contributed by atoms with van der Waals surface area (Å²) < 4.78 is 24.8. The number of carbonyl (C=O) groups is 2. The molecule has 0 radical (unpaired) electrons. The first kappa shape index (κ1) is 26.8. The number of carbonyl (C=O) groups excluding carboxylic acids is 1. The maximum absolute atomic E-state index is 13.4. The van der Waals surface area contributed by atoms with Gasteiger partial charge in [0.1, 0.15) is 12.4 Å². The number of carboxylic acid groups (broad SMARTS) is 1. The van der Waals surface area contributed by atoms with E-state index in [1.54, 1.807) is 24.1 Å². The monoisotopic (exact) mass is 521 g/mol. The van der Waals surface area contributed by atoms with Crippen molar-refractivity contribution in [3.63, 3.8) is 0 Å². The Balaban J connectivity index is 1.41. The number of benzene rings is 3. The molecule has 3 amide bonds. The molecule has 1 heterocycles. The number of nitrogens with one attached hydrogen (secondary N) is 1. The van der Waals surface area contributed by atoms with Gasteiger partial charge >= 0.3 is 12.1 Å². The summed E-state index contributed by atoms with van der Waals surface area (Å²) in [5, 5.41) is 12.3. The Morgan fingerprint density at radius 3 is 2.32 bits per heavy atom. The van der Waals surface area contributed by atoms with E-state index in [9.17, 15) is 19.1 Å². The lowest BCUT2D eigenvalue weighted by Gasteiger charge is -2.37. The zero-order chi connectivity index (χ0) is 26.9. The van der Waals surface area contributed by atoms with Crippen LogP contribution in [0.1, 0.15) is 29.5 Å². The summed E-state index contributed by atoms with van der Waals surface area (Å²) in [4.78, 5) is 27.7. The van der Waals surface area contributed by atoms with Gasteiger partial charge in [-0.25, -0.2) is 14.0 Å². The molecule has 1 saturated heterocycles. The molecule has 200 valence electrons. The highest BCUT2D eigenvalue weighted by molar-refractivity contribution is 5.74. The van der Waals surface area contributed by atoms with Crippen LogP contribution in [0.4, 0.5) is 14.0 Å². The quantitative estimate of drug-likeness (QED) is 0.401. The van der Waals surface area contributed by atoms with Crippen LogP contribution in [0.3, 0.4) is 0 Å². The smallest absolute Gasteiger partial charge is 0.407 e. The minimum Gasteiger partial charge on any atom is -0.493 e. The van der Waals surface area contributed by atoms with Crippen LogP contribution in [0, 0.1) is 5.82 Å². The van der Waals surface area contributed by atoms with Crippen LogP contribution < -0.4 is 14.8 Å². The summed E-state index contributed by atoms with van der Waals surface area (Å²) >= 11 is 0. The standard InChI is InChI=1S/C29H32FN3O5/c1-37-27-17-23(9-12-26(27)38-20-22-5-3-2-4-6-22)18-31-28(34)33(19-21-7-10-24(30)11-8-21)25-13-15-32(16-14-25)29(35)36/h2-12,17,25H,13-16,18-20H2,1H3,(H,31,34)(H,35,36). The molecular formula is C29H32FN3O5. The van der Waals surface area contributed by atoms with Gasteiger partial charge in [-0.1, -0.05) is 48.5 Å². The summed E-state index contributed by atoms with van der Waals surface area (Å²) in [5.41, 5.74) is 2.68. The predicted molar refractivity (Wildman–Crippen MR) is 141 cm³/mol. The van der Waals surface area contributed by atoms with Crippen LogP contribution in [0.5, 0.6) is 11.5 Å². The van der Waals surface area contributed by atoms with Crippen LogP contribution in [-0.2, 0) is 19.7 Å². The van der Waals surface area contributed by atoms with Gasteiger partial charge in [-0.2, -0.15) is 0 Å². The number of hydrogen-bond acceptors (Lipinski definition) is 4. The number of piperidine rings is 1. The molecule has 3 aromatic carbocycles. The maximum atomic E-state index is 13.4. The molecule has 0 spiro atoms. The van der Waals surface area contributed by atoms with Crippen molar-refractivity contribution >= 4 is 12.1 Å². The van der Waals surface area contributed by atoms with E-state index >= 15 is 0 Å². The number of halogens is 1. The molecular weight excluding hydrogens is 489 g/mol. The number of ether oxygens (including phenoxy) is 2. The van der Waals surface area contributed by atoms with Gasteiger partial charge in [0.25, 0.3) is 0 Å². The van der Waals surface area contributed by atoms with Crippen LogP contribution >= 0.6 is 0 Å². The fourth-order valence-electron chi connectivity index (χ4n) is 4.48. The van der Waals surface area contributed by atoms with E-state index in [0.717, 1.165) is 16.7 Å². The lowest BCUT2D eigenvalue weighted by molar-refractivity contribution is 0.102. The van der Waals surface area contributed by atoms with Gasteiger partial charge in [-0.3, -0.25) is 0 Å². The lowest BCUT2D eigenvalue weighted by atomic mass is 10.0. The normalized spacial score (nSPS) is 13.6. The van der Waals surface area contributed by atoms with Gasteiger partial charge in [-0.15, -0.1) is 0 Å². The second kappa shape index (κ2) is 12.8. The fourth-order valence-corrected chi connectivity index (χ4v) is 4.48. The van der Waals surface area contributed by atoms with Crippen LogP contribution in [0.2, 0.25) is 0 Å². The minimum absolute atomic E-state index is 0.140. The number of rotatable bonds is 9. The topological polar surface area (TPSA) is 91.3 Å². The van der Waals surface area contributed by atoms with E-state index in [2.05, 4.69) is 5.32 Å². The summed E-state index contributed by atoms with van der Waals surface area (Å²) in [5.74, 6) is 0.830. The van der Waals surface area contributed by atoms with Gasteiger partial charge in [-0.05, 0) is 53.8 Å². The highest BCUT2D eigenvalue weighted by atomic mass is 19.1. The van der Waals surface area contributed by atoms with Crippen LogP contribution in [0.25, 0.3) is 0 Å². The van der Waals surface area contributed by atoms with Crippen molar-refractivity contribution in [1.82, 2.24) is 15.1 Å². The Labute approximate surface area is 221 Å². The number of urea groups is 1. The molecule has 8 nitrogen and oxygen atoms in total. The van der Waals surface area contributed by atoms with Crippen molar-refractivity contribution in [3.8, 4) is 11.5 Å². The summed E-state index contributed by atoms with van der Waals surface area (Å²) in [6, 6.07) is 21.0. The molecule has 3 aromatic rings. The first-order valence-electron chi connectivity index (χ1n) is 12.5. The third-order valence-electron chi connectivity index (χ3n) is 6.61. The molecule has 0 aromatic heterocycles. The highest BCUT2D eigenvalue weighted by Gasteiger charge is 2.29. The molecule has 0 atom stereocenters. The highest BCUT2D eigenvalue weighted by Crippen LogP contribution is 2.29. The molecule has 0 aliphatic carbocycles. The van der Waals surface area contributed by atoms with Gasteiger partial charge in [0.05, 0.1) is 7.11 Å². The van der Waals surface area contributed by atoms with Crippen molar-refractivity contribution in [2.24, 2.45) is 0 Å². The average Bonchev–Trinajstić information content (AvgIpc) is 2.95. The fraction of sp³-hybridized carbons (Fsp3) is 0.310. The Kier molecular flexibility index (Phi) is 9.02. The first-order chi connectivity index (χ1) is 18.4. The second-order valence-electron chi connectivity index (χ2n) is 9.17. The second-order valence-corrected chi connectivity index (χ2v) is 9.17.